The summed E-state index contributed by atoms with van der Waals surface area (Å²) in [6, 6.07) is 0.395. The van der Waals surface area contributed by atoms with Crippen molar-refractivity contribution in [2.24, 2.45) is 10.9 Å². The molecule has 1 atom stereocenters. The normalized spacial score (nSPS) is 17.7. The Kier molecular flexibility index (Phi) is 13.8. The third kappa shape index (κ3) is 11.5. The highest BCUT2D eigenvalue weighted by atomic mass is 127. The minimum Gasteiger partial charge on any atom is -0.379 e. The van der Waals surface area contributed by atoms with Crippen LogP contribution >= 0.6 is 24.0 Å². The number of hydrogen-bond donors (Lipinski definition) is 3. The zero-order chi connectivity index (χ0) is 18.7. The molecule has 8 nitrogen and oxygen atoms in total. The van der Waals surface area contributed by atoms with Crippen molar-refractivity contribution in [3.05, 3.63) is 0 Å². The second-order valence-corrected chi connectivity index (χ2v) is 8.46. The lowest BCUT2D eigenvalue weighted by Crippen LogP contribution is -2.48. The third-order valence-electron chi connectivity index (χ3n) is 4.08. The van der Waals surface area contributed by atoms with Crippen LogP contribution in [0.4, 0.5) is 0 Å². The molecule has 1 aliphatic rings. The Bertz CT molecular complexity index is 496. The predicted molar refractivity (Wildman–Crippen MR) is 118 cm³/mol. The van der Waals surface area contributed by atoms with Gasteiger partial charge in [0.25, 0.3) is 0 Å². The highest BCUT2D eigenvalue weighted by molar-refractivity contribution is 14.0. The zero-order valence-electron chi connectivity index (χ0n) is 16.5. The van der Waals surface area contributed by atoms with Gasteiger partial charge in [-0.3, -0.25) is 9.89 Å². The molecule has 0 aliphatic carbocycles. The average Bonchev–Trinajstić information content (AvgIpc) is 2.54. The summed E-state index contributed by atoms with van der Waals surface area (Å²) in [6.45, 7) is 12.6. The fraction of sp³-hybridized carbons (Fsp3) is 0.938. The van der Waals surface area contributed by atoms with E-state index in [2.05, 4.69) is 34.1 Å². The van der Waals surface area contributed by atoms with Crippen molar-refractivity contribution in [3.63, 3.8) is 0 Å². The maximum atomic E-state index is 11.0. The van der Waals surface area contributed by atoms with Crippen LogP contribution in [0.25, 0.3) is 0 Å². The molecule has 0 radical (unpaired) electrons. The highest BCUT2D eigenvalue weighted by Gasteiger charge is 2.23. The standard InChI is InChI=1S/C16H35N5O3S.HI/c1-5-17-16(18-7-6-8-20-25(4,22)23)19-13-15(14(2)3)21-9-11-24-12-10-21;/h14-15,20H,5-13H2,1-4H3,(H2,17,18,19);1H. The Morgan fingerprint density at radius 2 is 1.85 bits per heavy atom. The monoisotopic (exact) mass is 505 g/mol. The van der Waals surface area contributed by atoms with Gasteiger partial charge in [-0.2, -0.15) is 0 Å². The minimum absolute atomic E-state index is 0. The fourth-order valence-electron chi connectivity index (χ4n) is 2.74. The van der Waals surface area contributed by atoms with E-state index in [0.29, 0.717) is 31.5 Å². The maximum absolute atomic E-state index is 11.0. The van der Waals surface area contributed by atoms with Crippen molar-refractivity contribution in [1.29, 1.82) is 0 Å². The third-order valence-corrected chi connectivity index (χ3v) is 4.80. The maximum Gasteiger partial charge on any atom is 0.208 e. The summed E-state index contributed by atoms with van der Waals surface area (Å²) in [5, 5.41) is 6.51. The van der Waals surface area contributed by atoms with Crippen LogP contribution in [0, 0.1) is 5.92 Å². The zero-order valence-corrected chi connectivity index (χ0v) is 19.6. The van der Waals surface area contributed by atoms with E-state index >= 15 is 0 Å². The van der Waals surface area contributed by atoms with E-state index < -0.39 is 10.0 Å². The van der Waals surface area contributed by atoms with E-state index in [1.807, 2.05) is 6.92 Å². The summed E-state index contributed by atoms with van der Waals surface area (Å²) in [5.74, 6) is 1.30. The van der Waals surface area contributed by atoms with E-state index in [0.717, 1.165) is 45.4 Å². The molecular weight excluding hydrogens is 469 g/mol. The molecule has 156 valence electrons. The van der Waals surface area contributed by atoms with Gasteiger partial charge in [-0.05, 0) is 19.3 Å². The summed E-state index contributed by atoms with van der Waals surface area (Å²) in [6.07, 6.45) is 1.87. The fourth-order valence-corrected chi connectivity index (χ4v) is 3.25. The molecule has 1 aliphatic heterocycles. The summed E-state index contributed by atoms with van der Waals surface area (Å²) < 4.78 is 30.0. The van der Waals surface area contributed by atoms with Gasteiger partial charge in [0.05, 0.1) is 26.0 Å². The molecule has 0 spiro atoms. The number of halogens is 1. The van der Waals surface area contributed by atoms with Gasteiger partial charge in [-0.15, -0.1) is 24.0 Å². The molecule has 1 unspecified atom stereocenters. The molecule has 10 heteroatoms. The SMILES string of the molecule is CCNC(=NCC(C(C)C)N1CCOCC1)NCCCNS(C)(=O)=O.I. The first-order valence-corrected chi connectivity index (χ1v) is 11.0. The van der Waals surface area contributed by atoms with Crippen molar-refractivity contribution in [3.8, 4) is 0 Å². The Morgan fingerprint density at radius 1 is 1.19 bits per heavy atom. The molecule has 0 aromatic heterocycles. The smallest absolute Gasteiger partial charge is 0.208 e. The van der Waals surface area contributed by atoms with Crippen LogP contribution < -0.4 is 15.4 Å². The van der Waals surface area contributed by atoms with Crippen LogP contribution in [0.15, 0.2) is 4.99 Å². The molecular formula is C16H36IN5O3S. The Hall–Kier alpha value is -0.170. The van der Waals surface area contributed by atoms with E-state index in [1.54, 1.807) is 0 Å². The number of nitrogens with one attached hydrogen (secondary N) is 3. The number of rotatable bonds is 10. The number of sulfonamides is 1. The Labute approximate surface area is 176 Å². The van der Waals surface area contributed by atoms with Crippen LogP contribution in [-0.4, -0.2) is 84.1 Å². The van der Waals surface area contributed by atoms with Crippen molar-refractivity contribution in [1.82, 2.24) is 20.3 Å². The van der Waals surface area contributed by atoms with Crippen molar-refractivity contribution >= 4 is 40.0 Å². The number of aliphatic imine (C=N–C) groups is 1. The van der Waals surface area contributed by atoms with Crippen LogP contribution in [0.5, 0.6) is 0 Å². The van der Waals surface area contributed by atoms with Crippen LogP contribution in [0.2, 0.25) is 0 Å². The van der Waals surface area contributed by atoms with Crippen molar-refractivity contribution in [2.45, 2.75) is 33.2 Å². The van der Waals surface area contributed by atoms with Gasteiger partial charge in [0.2, 0.25) is 10.0 Å². The topological polar surface area (TPSA) is 95.1 Å². The number of hydrogen-bond acceptors (Lipinski definition) is 5. The lowest BCUT2D eigenvalue weighted by atomic mass is 10.0. The first-order chi connectivity index (χ1) is 11.8. The summed E-state index contributed by atoms with van der Waals surface area (Å²) in [5.41, 5.74) is 0. The molecule has 1 rings (SSSR count). The second kappa shape index (κ2) is 13.9. The van der Waals surface area contributed by atoms with Crippen molar-refractivity contribution in [2.75, 3.05) is 58.7 Å². The lowest BCUT2D eigenvalue weighted by Gasteiger charge is -2.36. The summed E-state index contributed by atoms with van der Waals surface area (Å²) in [4.78, 5) is 7.19. The van der Waals surface area contributed by atoms with Gasteiger partial charge in [-0.25, -0.2) is 13.1 Å². The first-order valence-electron chi connectivity index (χ1n) is 9.12. The van der Waals surface area contributed by atoms with Gasteiger partial charge in [0.1, 0.15) is 0 Å². The predicted octanol–water partition coefficient (Wildman–Crippen LogP) is 0.456. The van der Waals surface area contributed by atoms with E-state index in [9.17, 15) is 8.42 Å². The van der Waals surface area contributed by atoms with Crippen molar-refractivity contribution < 1.29 is 13.2 Å². The average molecular weight is 505 g/mol. The molecule has 0 amide bonds. The molecule has 0 aromatic carbocycles. The van der Waals surface area contributed by atoms with Gasteiger partial charge in [0, 0.05) is 38.8 Å². The van der Waals surface area contributed by atoms with Gasteiger partial charge in [0.15, 0.2) is 5.96 Å². The van der Waals surface area contributed by atoms with Gasteiger partial charge < -0.3 is 15.4 Å². The van der Waals surface area contributed by atoms with E-state index in [1.165, 1.54) is 6.26 Å². The van der Waals surface area contributed by atoms with E-state index in [4.69, 9.17) is 9.73 Å². The minimum atomic E-state index is -3.12. The molecule has 26 heavy (non-hydrogen) atoms. The molecule has 1 fully saturated rings. The Morgan fingerprint density at radius 3 is 2.38 bits per heavy atom. The molecule has 0 aromatic rings. The molecule has 3 N–H and O–H groups in total. The van der Waals surface area contributed by atoms with Gasteiger partial charge >= 0.3 is 0 Å². The van der Waals surface area contributed by atoms with Gasteiger partial charge in [-0.1, -0.05) is 13.8 Å². The molecule has 1 saturated heterocycles. The summed E-state index contributed by atoms with van der Waals surface area (Å²) >= 11 is 0. The number of nitrogens with zero attached hydrogens (tertiary/aromatic N) is 2. The lowest BCUT2D eigenvalue weighted by molar-refractivity contribution is 0.00867. The largest absolute Gasteiger partial charge is 0.379 e. The number of morpholine rings is 1. The quantitative estimate of drug-likeness (QED) is 0.173. The van der Waals surface area contributed by atoms with Crippen LogP contribution in [0.3, 0.4) is 0 Å². The highest BCUT2D eigenvalue weighted by Crippen LogP contribution is 2.13. The first kappa shape index (κ1) is 25.8. The number of ether oxygens (including phenoxy) is 1. The molecule has 0 bridgehead atoms. The second-order valence-electron chi connectivity index (χ2n) is 6.63. The molecule has 0 saturated carbocycles. The van der Waals surface area contributed by atoms with E-state index in [-0.39, 0.29) is 24.0 Å². The van der Waals surface area contributed by atoms with Crippen LogP contribution in [0.1, 0.15) is 27.2 Å². The Balaban J connectivity index is 0.00000625. The number of guanidine groups is 1. The van der Waals surface area contributed by atoms with Crippen LogP contribution in [-0.2, 0) is 14.8 Å². The molecule has 1 heterocycles. The summed E-state index contributed by atoms with van der Waals surface area (Å²) in [7, 11) is -3.12.